The molecule has 88 valence electrons. The van der Waals surface area contributed by atoms with Gasteiger partial charge in [-0.2, -0.15) is 0 Å². The van der Waals surface area contributed by atoms with Gasteiger partial charge in [0.1, 0.15) is 0 Å². The molecule has 17 heavy (non-hydrogen) atoms. The van der Waals surface area contributed by atoms with Crippen molar-refractivity contribution in [2.24, 2.45) is 0 Å². The van der Waals surface area contributed by atoms with Gasteiger partial charge in [-0.25, -0.2) is 0 Å². The molecule has 0 aliphatic carbocycles. The Labute approximate surface area is 118 Å². The second-order valence-electron chi connectivity index (χ2n) is 3.87. The molecule has 0 bridgehead atoms. The first-order chi connectivity index (χ1) is 8.16. The van der Waals surface area contributed by atoms with Gasteiger partial charge < -0.3 is 5.11 Å². The van der Waals surface area contributed by atoms with Crippen LogP contribution in [0.5, 0.6) is 0 Å². The third kappa shape index (κ3) is 3.41. The Morgan fingerprint density at radius 2 is 1.76 bits per heavy atom. The van der Waals surface area contributed by atoms with Gasteiger partial charge in [-0.3, -0.25) is 0 Å². The number of halogens is 2. The van der Waals surface area contributed by atoms with Crippen molar-refractivity contribution < 1.29 is 5.11 Å². The van der Waals surface area contributed by atoms with Gasteiger partial charge in [0.25, 0.3) is 0 Å². The van der Waals surface area contributed by atoms with Crippen molar-refractivity contribution in [2.45, 2.75) is 12.5 Å². The van der Waals surface area contributed by atoms with E-state index < -0.39 is 6.10 Å². The second kappa shape index (κ2) is 5.80. The lowest BCUT2D eigenvalue weighted by Gasteiger charge is -2.12. The van der Waals surface area contributed by atoms with E-state index in [1.54, 1.807) is 0 Å². The van der Waals surface area contributed by atoms with Crippen LogP contribution in [0.25, 0.3) is 0 Å². The summed E-state index contributed by atoms with van der Waals surface area (Å²) in [6.07, 6.45) is 0.129. The molecule has 2 aromatic carbocycles. The molecule has 2 rings (SSSR count). The highest BCUT2D eigenvalue weighted by Gasteiger charge is 2.10. The summed E-state index contributed by atoms with van der Waals surface area (Å²) in [7, 11) is 0. The Bertz CT molecular complexity index is 511. The van der Waals surface area contributed by atoms with Crippen molar-refractivity contribution in [3.8, 4) is 0 Å². The van der Waals surface area contributed by atoms with Crippen molar-refractivity contribution in [1.29, 1.82) is 0 Å². The number of hydrogen-bond acceptors (Lipinski definition) is 1. The molecule has 0 saturated heterocycles. The average Bonchev–Trinajstić information content (AvgIpc) is 2.32. The lowest BCUT2D eigenvalue weighted by Crippen LogP contribution is -2.02. The van der Waals surface area contributed by atoms with Crippen LogP contribution < -0.4 is 0 Å². The smallest absolute Gasteiger partial charge is 0.0831 e. The van der Waals surface area contributed by atoms with E-state index in [2.05, 4.69) is 31.9 Å². The maximum absolute atomic E-state index is 10.2. The Hall–Kier alpha value is -0.640. The van der Waals surface area contributed by atoms with E-state index in [1.807, 2.05) is 48.5 Å². The largest absolute Gasteiger partial charge is 0.388 e. The van der Waals surface area contributed by atoms with Gasteiger partial charge in [0.05, 0.1) is 6.10 Å². The number of benzene rings is 2. The summed E-state index contributed by atoms with van der Waals surface area (Å²) in [5.74, 6) is 0. The predicted molar refractivity (Wildman–Crippen MR) is 76.9 cm³/mol. The molecule has 0 saturated carbocycles. The average molecular weight is 356 g/mol. The minimum Gasteiger partial charge on any atom is -0.388 e. The fraction of sp³-hybridized carbons (Fsp3) is 0.143. The lowest BCUT2D eigenvalue weighted by molar-refractivity contribution is 0.178. The van der Waals surface area contributed by atoms with Crippen LogP contribution in [0.1, 0.15) is 17.2 Å². The second-order valence-corrected chi connectivity index (χ2v) is 5.64. The zero-order valence-corrected chi connectivity index (χ0v) is 12.3. The van der Waals surface area contributed by atoms with Crippen LogP contribution in [-0.2, 0) is 6.42 Å². The van der Waals surface area contributed by atoms with Gasteiger partial charge in [0, 0.05) is 15.4 Å². The van der Waals surface area contributed by atoms with Crippen LogP contribution in [0.15, 0.2) is 57.5 Å². The molecule has 0 fully saturated rings. The molecule has 0 heterocycles. The molecule has 0 aliphatic heterocycles. The summed E-state index contributed by atoms with van der Waals surface area (Å²) >= 11 is 6.90. The number of rotatable bonds is 3. The quantitative estimate of drug-likeness (QED) is 0.860. The Balaban J connectivity index is 2.17. The normalized spacial score (nSPS) is 12.4. The summed E-state index contributed by atoms with van der Waals surface area (Å²) in [4.78, 5) is 0. The van der Waals surface area contributed by atoms with Gasteiger partial charge in [-0.1, -0.05) is 62.2 Å². The van der Waals surface area contributed by atoms with E-state index in [4.69, 9.17) is 0 Å². The first kappa shape index (κ1) is 12.8. The van der Waals surface area contributed by atoms with E-state index in [-0.39, 0.29) is 0 Å². The predicted octanol–water partition coefficient (Wildman–Crippen LogP) is 4.49. The van der Waals surface area contributed by atoms with Crippen LogP contribution in [0.4, 0.5) is 0 Å². The summed E-state index contributed by atoms with van der Waals surface area (Å²) in [5.41, 5.74) is 2.04. The third-order valence-electron chi connectivity index (χ3n) is 2.60. The van der Waals surface area contributed by atoms with E-state index in [0.717, 1.165) is 20.1 Å². The highest BCUT2D eigenvalue weighted by atomic mass is 79.9. The van der Waals surface area contributed by atoms with Gasteiger partial charge >= 0.3 is 0 Å². The molecule has 0 spiro atoms. The number of aliphatic hydroxyl groups is 1. The Morgan fingerprint density at radius 1 is 1.00 bits per heavy atom. The fourth-order valence-electron chi connectivity index (χ4n) is 1.70. The first-order valence-corrected chi connectivity index (χ1v) is 6.92. The zero-order chi connectivity index (χ0) is 12.3. The minimum absolute atomic E-state index is 0.480. The molecule has 2 aromatic rings. The molecule has 1 atom stereocenters. The van der Waals surface area contributed by atoms with Gasteiger partial charge in [0.15, 0.2) is 0 Å². The number of hydrogen-bond donors (Lipinski definition) is 1. The van der Waals surface area contributed by atoms with Gasteiger partial charge in [0.2, 0.25) is 0 Å². The van der Waals surface area contributed by atoms with E-state index in [1.165, 1.54) is 0 Å². The molecular formula is C14H12Br2O. The van der Waals surface area contributed by atoms with Crippen LogP contribution in [0.3, 0.4) is 0 Å². The highest BCUT2D eigenvalue weighted by Crippen LogP contribution is 2.25. The van der Waals surface area contributed by atoms with Crippen LogP contribution >= 0.6 is 31.9 Å². The molecule has 0 amide bonds. The summed E-state index contributed by atoms with van der Waals surface area (Å²) in [5, 5.41) is 10.2. The number of aliphatic hydroxyl groups excluding tert-OH is 1. The standard InChI is InChI=1S/C14H12Br2O/c15-12-6-3-5-11(8-12)14(17)9-10-4-1-2-7-13(10)16/h1-8,14,17H,9H2. The van der Waals surface area contributed by atoms with Crippen molar-refractivity contribution in [3.63, 3.8) is 0 Å². The maximum Gasteiger partial charge on any atom is 0.0831 e. The molecule has 3 heteroatoms. The zero-order valence-electron chi connectivity index (χ0n) is 9.11. The van der Waals surface area contributed by atoms with Gasteiger partial charge in [-0.15, -0.1) is 0 Å². The SMILES string of the molecule is OC(Cc1ccccc1Br)c1cccc(Br)c1. The molecule has 1 N–H and O–H groups in total. The van der Waals surface area contributed by atoms with Crippen molar-refractivity contribution in [1.82, 2.24) is 0 Å². The first-order valence-electron chi connectivity index (χ1n) is 5.34. The minimum atomic E-state index is -0.480. The summed E-state index contributed by atoms with van der Waals surface area (Å²) in [6.45, 7) is 0. The molecule has 1 nitrogen and oxygen atoms in total. The van der Waals surface area contributed by atoms with E-state index in [9.17, 15) is 5.11 Å². The monoisotopic (exact) mass is 354 g/mol. The maximum atomic E-state index is 10.2. The lowest BCUT2D eigenvalue weighted by atomic mass is 10.0. The summed E-state index contributed by atoms with van der Waals surface area (Å²) in [6, 6.07) is 15.7. The summed E-state index contributed by atoms with van der Waals surface area (Å²) < 4.78 is 2.02. The Kier molecular flexibility index (Phi) is 4.37. The fourth-order valence-corrected chi connectivity index (χ4v) is 2.57. The van der Waals surface area contributed by atoms with Gasteiger partial charge in [-0.05, 0) is 29.3 Å². The van der Waals surface area contributed by atoms with Crippen molar-refractivity contribution >= 4 is 31.9 Å². The molecule has 0 radical (unpaired) electrons. The van der Waals surface area contributed by atoms with Crippen molar-refractivity contribution in [3.05, 3.63) is 68.6 Å². The Morgan fingerprint density at radius 3 is 2.47 bits per heavy atom. The molecule has 1 unspecified atom stereocenters. The third-order valence-corrected chi connectivity index (χ3v) is 3.87. The van der Waals surface area contributed by atoms with Crippen LogP contribution in [0, 0.1) is 0 Å². The topological polar surface area (TPSA) is 20.2 Å². The van der Waals surface area contributed by atoms with E-state index >= 15 is 0 Å². The molecule has 0 aliphatic rings. The van der Waals surface area contributed by atoms with Crippen LogP contribution in [-0.4, -0.2) is 5.11 Å². The van der Waals surface area contributed by atoms with Crippen LogP contribution in [0.2, 0.25) is 0 Å². The van der Waals surface area contributed by atoms with Crippen molar-refractivity contribution in [2.75, 3.05) is 0 Å². The molecule has 0 aromatic heterocycles. The van der Waals surface area contributed by atoms with E-state index in [0.29, 0.717) is 6.42 Å². The highest BCUT2D eigenvalue weighted by molar-refractivity contribution is 9.10. The molecular weight excluding hydrogens is 344 g/mol.